The molecule has 1 atom stereocenters. The third-order valence-corrected chi connectivity index (χ3v) is 4.16. The molecule has 0 spiro atoms. The zero-order valence-electron chi connectivity index (χ0n) is 10.8. The Morgan fingerprint density at radius 3 is 2.81 bits per heavy atom. The molecule has 4 heteroatoms. The zero-order chi connectivity index (χ0) is 11.8. The third-order valence-electron chi connectivity index (χ3n) is 2.76. The highest BCUT2D eigenvalue weighted by molar-refractivity contribution is 8.00. The molecule has 0 aromatic rings. The van der Waals surface area contributed by atoms with Crippen LogP contribution in [-0.4, -0.2) is 37.1 Å². The number of rotatable bonds is 5. The van der Waals surface area contributed by atoms with Crippen LogP contribution in [-0.2, 0) is 0 Å². The van der Waals surface area contributed by atoms with Crippen molar-refractivity contribution in [1.82, 2.24) is 10.6 Å². The van der Waals surface area contributed by atoms with Gasteiger partial charge in [0, 0.05) is 25.4 Å². The highest BCUT2D eigenvalue weighted by Crippen LogP contribution is 2.25. The van der Waals surface area contributed by atoms with Gasteiger partial charge in [-0.1, -0.05) is 13.8 Å². The molecule has 1 heterocycles. The summed E-state index contributed by atoms with van der Waals surface area (Å²) in [6.07, 6.45) is 3.91. The van der Waals surface area contributed by atoms with E-state index in [0.717, 1.165) is 30.2 Å². The molecule has 94 valence electrons. The minimum atomic E-state index is 0.746. The number of hydrogen-bond donors (Lipinski definition) is 2. The average Bonchev–Trinajstić information content (AvgIpc) is 2.75. The summed E-state index contributed by atoms with van der Waals surface area (Å²) >= 11 is 2.08. The van der Waals surface area contributed by atoms with Gasteiger partial charge in [-0.25, -0.2) is 0 Å². The second-order valence-corrected chi connectivity index (χ2v) is 6.11. The first-order chi connectivity index (χ1) is 7.72. The molecule has 2 N–H and O–H groups in total. The van der Waals surface area contributed by atoms with E-state index in [2.05, 4.69) is 41.2 Å². The van der Waals surface area contributed by atoms with Crippen LogP contribution in [0.25, 0.3) is 0 Å². The summed E-state index contributed by atoms with van der Waals surface area (Å²) in [7, 11) is 1.84. The molecule has 0 aliphatic carbocycles. The van der Waals surface area contributed by atoms with E-state index in [-0.39, 0.29) is 0 Å². The van der Waals surface area contributed by atoms with Crippen molar-refractivity contribution in [3.8, 4) is 0 Å². The van der Waals surface area contributed by atoms with Gasteiger partial charge in [0.25, 0.3) is 0 Å². The van der Waals surface area contributed by atoms with Crippen LogP contribution in [0.5, 0.6) is 0 Å². The molecule has 0 aromatic heterocycles. The van der Waals surface area contributed by atoms with E-state index in [1.807, 2.05) is 7.05 Å². The van der Waals surface area contributed by atoms with Crippen LogP contribution in [0.15, 0.2) is 4.99 Å². The number of thioether (sulfide) groups is 1. The Morgan fingerprint density at radius 1 is 1.44 bits per heavy atom. The van der Waals surface area contributed by atoms with E-state index < -0.39 is 0 Å². The fourth-order valence-corrected chi connectivity index (χ4v) is 2.92. The molecule has 1 fully saturated rings. The molecule has 1 unspecified atom stereocenters. The van der Waals surface area contributed by atoms with Gasteiger partial charge >= 0.3 is 0 Å². The van der Waals surface area contributed by atoms with E-state index in [9.17, 15) is 0 Å². The summed E-state index contributed by atoms with van der Waals surface area (Å²) in [5.41, 5.74) is 0. The highest BCUT2D eigenvalue weighted by Gasteiger charge is 2.15. The Balaban J connectivity index is 2.11. The van der Waals surface area contributed by atoms with Crippen LogP contribution in [0.3, 0.4) is 0 Å². The number of aliphatic imine (C=N–C) groups is 1. The number of nitrogens with zero attached hydrogens (tertiary/aromatic N) is 1. The molecule has 0 amide bonds. The molecule has 0 bridgehead atoms. The van der Waals surface area contributed by atoms with Crippen LogP contribution in [0.4, 0.5) is 0 Å². The Labute approximate surface area is 104 Å². The van der Waals surface area contributed by atoms with Gasteiger partial charge in [-0.2, -0.15) is 11.8 Å². The van der Waals surface area contributed by atoms with Crippen molar-refractivity contribution in [1.29, 1.82) is 0 Å². The molecular formula is C12H25N3S. The van der Waals surface area contributed by atoms with E-state index in [0.29, 0.717) is 0 Å². The maximum atomic E-state index is 4.23. The molecule has 1 rings (SSSR count). The molecule has 1 aliphatic heterocycles. The first kappa shape index (κ1) is 13.7. The SMILES string of the molecule is CN=C(NCCC(C)C)NCC1CCCS1. The first-order valence-electron chi connectivity index (χ1n) is 6.28. The number of nitrogens with one attached hydrogen (secondary N) is 2. The van der Waals surface area contributed by atoms with E-state index in [1.54, 1.807) is 0 Å². The van der Waals surface area contributed by atoms with Gasteiger partial charge in [0.15, 0.2) is 5.96 Å². The lowest BCUT2D eigenvalue weighted by molar-refractivity contribution is 0.573. The summed E-state index contributed by atoms with van der Waals surface area (Å²) < 4.78 is 0. The standard InChI is InChI=1S/C12H25N3S/c1-10(2)6-7-14-12(13-3)15-9-11-5-4-8-16-11/h10-11H,4-9H2,1-3H3,(H2,13,14,15). The van der Waals surface area contributed by atoms with Crippen molar-refractivity contribution < 1.29 is 0 Å². The summed E-state index contributed by atoms with van der Waals surface area (Å²) in [4.78, 5) is 4.23. The molecule has 0 saturated carbocycles. The third kappa shape index (κ3) is 5.64. The monoisotopic (exact) mass is 243 g/mol. The molecule has 16 heavy (non-hydrogen) atoms. The fourth-order valence-electron chi connectivity index (χ4n) is 1.72. The largest absolute Gasteiger partial charge is 0.356 e. The van der Waals surface area contributed by atoms with Crippen LogP contribution >= 0.6 is 11.8 Å². The minimum Gasteiger partial charge on any atom is -0.356 e. The quantitative estimate of drug-likeness (QED) is 0.573. The summed E-state index contributed by atoms with van der Waals surface area (Å²) in [5.74, 6) is 3.02. The van der Waals surface area contributed by atoms with Gasteiger partial charge in [-0.3, -0.25) is 4.99 Å². The van der Waals surface area contributed by atoms with Crippen molar-refractivity contribution in [2.45, 2.75) is 38.4 Å². The van der Waals surface area contributed by atoms with E-state index in [4.69, 9.17) is 0 Å². The van der Waals surface area contributed by atoms with Gasteiger partial charge < -0.3 is 10.6 Å². The molecule has 0 radical (unpaired) electrons. The number of hydrogen-bond acceptors (Lipinski definition) is 2. The normalized spacial score (nSPS) is 21.5. The van der Waals surface area contributed by atoms with Crippen molar-refractivity contribution in [3.05, 3.63) is 0 Å². The molecule has 1 saturated heterocycles. The molecule has 1 aliphatic rings. The van der Waals surface area contributed by atoms with Gasteiger partial charge in [0.2, 0.25) is 0 Å². The van der Waals surface area contributed by atoms with Gasteiger partial charge in [0.1, 0.15) is 0 Å². The predicted molar refractivity (Wildman–Crippen MR) is 74.3 cm³/mol. The average molecular weight is 243 g/mol. The zero-order valence-corrected chi connectivity index (χ0v) is 11.6. The van der Waals surface area contributed by atoms with Crippen molar-refractivity contribution in [3.63, 3.8) is 0 Å². The van der Waals surface area contributed by atoms with Crippen molar-refractivity contribution in [2.75, 3.05) is 25.9 Å². The van der Waals surface area contributed by atoms with Crippen molar-refractivity contribution >= 4 is 17.7 Å². The van der Waals surface area contributed by atoms with E-state index in [1.165, 1.54) is 25.0 Å². The maximum Gasteiger partial charge on any atom is 0.191 e. The highest BCUT2D eigenvalue weighted by atomic mass is 32.2. The summed E-state index contributed by atoms with van der Waals surface area (Å²) in [6.45, 7) is 6.54. The minimum absolute atomic E-state index is 0.746. The Kier molecular flexibility index (Phi) is 6.69. The van der Waals surface area contributed by atoms with Gasteiger partial charge in [-0.05, 0) is 30.9 Å². The Morgan fingerprint density at radius 2 is 2.25 bits per heavy atom. The lowest BCUT2D eigenvalue weighted by Crippen LogP contribution is -2.40. The van der Waals surface area contributed by atoms with E-state index >= 15 is 0 Å². The topological polar surface area (TPSA) is 36.4 Å². The lowest BCUT2D eigenvalue weighted by atomic mass is 10.1. The number of guanidine groups is 1. The predicted octanol–water partition coefficient (Wildman–Crippen LogP) is 2.09. The van der Waals surface area contributed by atoms with Gasteiger partial charge in [0.05, 0.1) is 0 Å². The Bertz CT molecular complexity index is 210. The molecule has 3 nitrogen and oxygen atoms in total. The lowest BCUT2D eigenvalue weighted by Gasteiger charge is -2.15. The maximum absolute atomic E-state index is 4.23. The summed E-state index contributed by atoms with van der Waals surface area (Å²) in [6, 6.07) is 0. The second kappa shape index (κ2) is 7.82. The molecule has 0 aromatic carbocycles. The Hall–Kier alpha value is -0.380. The van der Waals surface area contributed by atoms with Crippen molar-refractivity contribution in [2.24, 2.45) is 10.9 Å². The van der Waals surface area contributed by atoms with Gasteiger partial charge in [-0.15, -0.1) is 0 Å². The molecular weight excluding hydrogens is 218 g/mol. The second-order valence-electron chi connectivity index (χ2n) is 4.70. The summed E-state index contributed by atoms with van der Waals surface area (Å²) in [5, 5.41) is 7.54. The fraction of sp³-hybridized carbons (Fsp3) is 0.917. The van der Waals surface area contributed by atoms with Crippen LogP contribution in [0.1, 0.15) is 33.1 Å². The van der Waals surface area contributed by atoms with Crippen LogP contribution in [0, 0.1) is 5.92 Å². The van der Waals surface area contributed by atoms with Crippen LogP contribution in [0.2, 0.25) is 0 Å². The first-order valence-corrected chi connectivity index (χ1v) is 7.33. The van der Waals surface area contributed by atoms with Crippen LogP contribution < -0.4 is 10.6 Å². The smallest absolute Gasteiger partial charge is 0.191 e.